The van der Waals surface area contributed by atoms with E-state index in [1.807, 2.05) is 25.1 Å². The van der Waals surface area contributed by atoms with E-state index in [2.05, 4.69) is 31.2 Å². The quantitative estimate of drug-likeness (QED) is 0.278. The predicted octanol–water partition coefficient (Wildman–Crippen LogP) is 8.91. The lowest BCUT2D eigenvalue weighted by Crippen LogP contribution is -2.44. The van der Waals surface area contributed by atoms with Crippen LogP contribution >= 0.6 is 11.6 Å². The van der Waals surface area contributed by atoms with Crippen LogP contribution < -0.4 is 4.74 Å². The second-order valence-electron chi connectivity index (χ2n) is 10.1. The molecule has 1 N–H and O–H groups in total. The van der Waals surface area contributed by atoms with Crippen molar-refractivity contribution >= 4 is 17.6 Å². The highest BCUT2D eigenvalue weighted by Crippen LogP contribution is 2.41. The first-order chi connectivity index (χ1) is 16.9. The molecule has 1 aliphatic carbocycles. The average Bonchev–Trinajstić information content (AvgIpc) is 2.88. The third-order valence-corrected chi connectivity index (χ3v) is 7.88. The van der Waals surface area contributed by atoms with Gasteiger partial charge < -0.3 is 9.84 Å². The van der Waals surface area contributed by atoms with E-state index >= 15 is 4.39 Å². The van der Waals surface area contributed by atoms with Gasteiger partial charge in [-0.05, 0) is 73.3 Å². The number of benzene rings is 2. The fraction of sp³-hybridized carbons (Fsp3) is 0.567. The van der Waals surface area contributed by atoms with Crippen molar-refractivity contribution in [2.75, 3.05) is 6.61 Å². The lowest BCUT2D eigenvalue weighted by atomic mass is 9.73. The highest BCUT2D eigenvalue weighted by atomic mass is 35.5. The second-order valence-corrected chi connectivity index (χ2v) is 10.5. The van der Waals surface area contributed by atoms with Gasteiger partial charge in [0.25, 0.3) is 0 Å². The zero-order valence-corrected chi connectivity index (χ0v) is 22.0. The molecule has 192 valence electrons. The van der Waals surface area contributed by atoms with Crippen molar-refractivity contribution in [3.8, 4) is 16.9 Å². The first kappa shape index (κ1) is 27.5. The first-order valence-corrected chi connectivity index (χ1v) is 13.7. The Kier molecular flexibility index (Phi) is 10.5. The Morgan fingerprint density at radius 3 is 2.40 bits per heavy atom. The van der Waals surface area contributed by atoms with Crippen LogP contribution in [0.2, 0.25) is 5.02 Å². The molecule has 0 aromatic heterocycles. The number of carbonyl (C=O) groups is 1. The van der Waals surface area contributed by atoms with E-state index in [9.17, 15) is 9.90 Å². The Morgan fingerprint density at radius 1 is 1.11 bits per heavy atom. The summed E-state index contributed by atoms with van der Waals surface area (Å²) in [6.07, 6.45) is 8.93. The van der Waals surface area contributed by atoms with Crippen LogP contribution in [0.3, 0.4) is 0 Å². The molecule has 0 bridgehead atoms. The Morgan fingerprint density at radius 2 is 1.80 bits per heavy atom. The molecule has 2 aromatic carbocycles. The zero-order chi connectivity index (χ0) is 25.3. The fourth-order valence-electron chi connectivity index (χ4n) is 5.22. The van der Waals surface area contributed by atoms with E-state index in [1.165, 1.54) is 5.56 Å². The molecule has 0 amide bonds. The van der Waals surface area contributed by atoms with Crippen LogP contribution in [0.5, 0.6) is 5.75 Å². The maximum absolute atomic E-state index is 15.7. The smallest absolute Gasteiger partial charge is 0.341 e. The third kappa shape index (κ3) is 7.46. The van der Waals surface area contributed by atoms with Crippen molar-refractivity contribution in [2.45, 2.75) is 90.1 Å². The summed E-state index contributed by atoms with van der Waals surface area (Å²) in [5.41, 5.74) is 1.19. The largest absolute Gasteiger partial charge is 0.492 e. The van der Waals surface area contributed by atoms with E-state index < -0.39 is 11.6 Å². The van der Waals surface area contributed by atoms with Gasteiger partial charge >= 0.3 is 5.97 Å². The van der Waals surface area contributed by atoms with E-state index in [1.54, 1.807) is 0 Å². The van der Waals surface area contributed by atoms with E-state index in [-0.39, 0.29) is 18.3 Å². The summed E-state index contributed by atoms with van der Waals surface area (Å²) in [7, 11) is 0. The maximum Gasteiger partial charge on any atom is 0.341 e. The average molecular weight is 503 g/mol. The van der Waals surface area contributed by atoms with E-state index in [0.717, 1.165) is 62.5 Å². The summed E-state index contributed by atoms with van der Waals surface area (Å²) in [6.45, 7) is 4.83. The minimum absolute atomic E-state index is 0.0526. The molecule has 3 nitrogen and oxygen atoms in total. The molecule has 0 heterocycles. The SMILES string of the molecule is CCCCOc1ccc(-c2ccc(CCC(CC)C[C@@](F)(C(=O)O)C3CCCCC3)cc2)cc1Cl. The van der Waals surface area contributed by atoms with Gasteiger partial charge in [-0.3, -0.25) is 0 Å². The summed E-state index contributed by atoms with van der Waals surface area (Å²) < 4.78 is 21.5. The monoisotopic (exact) mass is 502 g/mol. The molecule has 1 saturated carbocycles. The number of ether oxygens (including phenoxy) is 1. The van der Waals surface area contributed by atoms with Crippen LogP contribution in [0.1, 0.15) is 83.6 Å². The normalized spacial score (nSPS) is 17.0. The van der Waals surface area contributed by atoms with Crippen LogP contribution in [0, 0.1) is 11.8 Å². The molecule has 1 aliphatic rings. The van der Waals surface area contributed by atoms with Gasteiger partial charge in [0.1, 0.15) is 5.75 Å². The lowest BCUT2D eigenvalue weighted by molar-refractivity contribution is -0.158. The number of hydrogen-bond acceptors (Lipinski definition) is 2. The van der Waals surface area contributed by atoms with Crippen molar-refractivity contribution < 1.29 is 19.0 Å². The second kappa shape index (κ2) is 13.3. The van der Waals surface area contributed by atoms with Crippen LogP contribution in [0.4, 0.5) is 4.39 Å². The van der Waals surface area contributed by atoms with Crippen LogP contribution in [-0.4, -0.2) is 23.4 Å². The van der Waals surface area contributed by atoms with Crippen LogP contribution in [-0.2, 0) is 11.2 Å². The number of aryl methyl sites for hydroxylation is 1. The Balaban J connectivity index is 1.59. The Hall–Kier alpha value is -2.07. The number of aliphatic carboxylic acids is 1. The van der Waals surface area contributed by atoms with Gasteiger partial charge in [-0.15, -0.1) is 0 Å². The number of alkyl halides is 1. The topological polar surface area (TPSA) is 46.5 Å². The van der Waals surface area contributed by atoms with Crippen molar-refractivity contribution in [3.63, 3.8) is 0 Å². The maximum atomic E-state index is 15.7. The molecule has 0 saturated heterocycles. The number of carboxylic acid groups (broad SMARTS) is 1. The van der Waals surface area contributed by atoms with Crippen molar-refractivity contribution in [1.82, 2.24) is 0 Å². The minimum atomic E-state index is -2.10. The molecule has 0 aliphatic heterocycles. The number of carboxylic acids is 1. The van der Waals surface area contributed by atoms with Crippen molar-refractivity contribution in [3.05, 3.63) is 53.1 Å². The summed E-state index contributed by atoms with van der Waals surface area (Å²) in [4.78, 5) is 11.9. The molecular weight excluding hydrogens is 463 g/mol. The molecular formula is C30H40ClFO3. The van der Waals surface area contributed by atoms with E-state index in [4.69, 9.17) is 16.3 Å². The molecule has 0 radical (unpaired) electrons. The highest BCUT2D eigenvalue weighted by molar-refractivity contribution is 6.32. The van der Waals surface area contributed by atoms with Gasteiger partial charge in [0.15, 0.2) is 0 Å². The molecule has 1 fully saturated rings. The molecule has 2 aromatic rings. The molecule has 3 rings (SSSR count). The van der Waals surface area contributed by atoms with E-state index in [0.29, 0.717) is 30.2 Å². The summed E-state index contributed by atoms with van der Waals surface area (Å²) in [5, 5.41) is 10.4. The highest BCUT2D eigenvalue weighted by Gasteiger charge is 2.47. The number of hydrogen-bond donors (Lipinski definition) is 1. The molecule has 1 unspecified atom stereocenters. The number of rotatable bonds is 13. The minimum Gasteiger partial charge on any atom is -0.492 e. The van der Waals surface area contributed by atoms with Crippen molar-refractivity contribution in [1.29, 1.82) is 0 Å². The molecule has 5 heteroatoms. The number of halogens is 2. The van der Waals surface area contributed by atoms with Gasteiger partial charge in [0.2, 0.25) is 5.67 Å². The first-order valence-electron chi connectivity index (χ1n) is 13.3. The van der Waals surface area contributed by atoms with Crippen molar-refractivity contribution in [2.24, 2.45) is 11.8 Å². The summed E-state index contributed by atoms with van der Waals surface area (Å²) in [5.74, 6) is -0.855. The predicted molar refractivity (Wildman–Crippen MR) is 142 cm³/mol. The lowest BCUT2D eigenvalue weighted by Gasteiger charge is -2.35. The van der Waals surface area contributed by atoms with Gasteiger partial charge in [0.05, 0.1) is 11.6 Å². The van der Waals surface area contributed by atoms with Gasteiger partial charge in [-0.25, -0.2) is 9.18 Å². The molecule has 2 atom stereocenters. The van der Waals surface area contributed by atoms with Crippen LogP contribution in [0.25, 0.3) is 11.1 Å². The summed E-state index contributed by atoms with van der Waals surface area (Å²) >= 11 is 6.42. The Labute approximate surface area is 215 Å². The van der Waals surface area contributed by atoms with Gasteiger partial charge in [-0.2, -0.15) is 0 Å². The molecule has 0 spiro atoms. The fourth-order valence-corrected chi connectivity index (χ4v) is 5.45. The zero-order valence-electron chi connectivity index (χ0n) is 21.2. The standard InChI is InChI=1S/C30H40ClFO3/c1-3-5-19-35-28-18-17-25(20-27(28)31)24-15-13-23(14-16-24)12-11-22(4-2)21-30(32,29(33)34)26-9-7-6-8-10-26/h13-18,20,22,26H,3-12,19,21H2,1-2H3,(H,33,34)/t22?,30-/m0/s1. The van der Waals surface area contributed by atoms with Gasteiger partial charge in [-0.1, -0.05) is 87.9 Å². The van der Waals surface area contributed by atoms with Crippen LogP contribution in [0.15, 0.2) is 42.5 Å². The van der Waals surface area contributed by atoms with Gasteiger partial charge in [0, 0.05) is 5.92 Å². The Bertz CT molecular complexity index is 939. The summed E-state index contributed by atoms with van der Waals surface area (Å²) in [6, 6.07) is 14.2. The number of unbranched alkanes of at least 4 members (excludes halogenated alkanes) is 1. The third-order valence-electron chi connectivity index (χ3n) is 7.59. The molecule has 35 heavy (non-hydrogen) atoms.